The quantitative estimate of drug-likeness (QED) is 0.853. The Labute approximate surface area is 142 Å². The number of nitrogens with one attached hydrogen (secondary N) is 1. The maximum Gasteiger partial charge on any atom is 0.246 e. The van der Waals surface area contributed by atoms with E-state index in [1.165, 1.54) is 5.57 Å². The van der Waals surface area contributed by atoms with Crippen molar-refractivity contribution in [1.29, 1.82) is 0 Å². The molecule has 1 aliphatic carbocycles. The third-order valence-corrected chi connectivity index (χ3v) is 4.62. The molecule has 1 aromatic carbocycles. The molecule has 2 aromatic rings. The van der Waals surface area contributed by atoms with Crippen LogP contribution in [0.25, 0.3) is 11.4 Å². The first-order chi connectivity index (χ1) is 11.4. The van der Waals surface area contributed by atoms with Gasteiger partial charge in [0, 0.05) is 5.56 Å². The number of hydrogen-bond donors (Lipinski definition) is 1. The van der Waals surface area contributed by atoms with Crippen LogP contribution in [0.2, 0.25) is 0 Å². The van der Waals surface area contributed by atoms with E-state index in [0.29, 0.717) is 17.6 Å². The summed E-state index contributed by atoms with van der Waals surface area (Å²) in [6.45, 7) is 8.63. The number of hydrogen-bond acceptors (Lipinski definition) is 4. The van der Waals surface area contributed by atoms with Crippen molar-refractivity contribution >= 4 is 5.91 Å². The van der Waals surface area contributed by atoms with Crippen molar-refractivity contribution in [2.75, 3.05) is 0 Å². The zero-order valence-electron chi connectivity index (χ0n) is 14.5. The molecule has 5 nitrogen and oxygen atoms in total. The van der Waals surface area contributed by atoms with E-state index in [1.807, 2.05) is 30.3 Å². The summed E-state index contributed by atoms with van der Waals surface area (Å²) in [5, 5.41) is 6.88. The molecule has 0 saturated heterocycles. The summed E-state index contributed by atoms with van der Waals surface area (Å²) in [4.78, 5) is 16.8. The third-order valence-electron chi connectivity index (χ3n) is 4.62. The second kappa shape index (κ2) is 6.23. The number of aromatic nitrogens is 2. The molecule has 24 heavy (non-hydrogen) atoms. The minimum atomic E-state index is 0.00363. The Bertz CT molecular complexity index is 758. The summed E-state index contributed by atoms with van der Waals surface area (Å²) < 4.78 is 5.23. The van der Waals surface area contributed by atoms with Crippen LogP contribution in [0.3, 0.4) is 0 Å². The molecule has 5 heteroatoms. The van der Waals surface area contributed by atoms with Crippen molar-refractivity contribution in [1.82, 2.24) is 15.5 Å². The Morgan fingerprint density at radius 1 is 1.29 bits per heavy atom. The Kier molecular flexibility index (Phi) is 4.26. The maximum atomic E-state index is 12.4. The first-order valence-electron chi connectivity index (χ1n) is 8.20. The molecule has 1 aliphatic rings. The smallest absolute Gasteiger partial charge is 0.246 e. The van der Waals surface area contributed by atoms with Gasteiger partial charge in [0.1, 0.15) is 0 Å². The van der Waals surface area contributed by atoms with E-state index >= 15 is 0 Å². The minimum Gasteiger partial charge on any atom is -0.347 e. The van der Waals surface area contributed by atoms with E-state index in [-0.39, 0.29) is 23.8 Å². The molecular formula is C19H23N3O2. The standard InChI is InChI=1S/C19H23N3O2/c1-12(2)10-14-16(19(14,3)4)18(23)20-11-15-21-17(22-24-15)13-8-6-5-7-9-13/h5-10,14,16H,11H2,1-4H3,(H,20,23)/t14-,16+/m1/s1. The summed E-state index contributed by atoms with van der Waals surface area (Å²) in [5.41, 5.74) is 2.14. The topological polar surface area (TPSA) is 68.0 Å². The Hall–Kier alpha value is -2.43. The van der Waals surface area contributed by atoms with Crippen LogP contribution in [-0.2, 0) is 11.3 Å². The zero-order chi connectivity index (χ0) is 17.3. The summed E-state index contributed by atoms with van der Waals surface area (Å²) in [5.74, 6) is 1.30. The highest BCUT2D eigenvalue weighted by Gasteiger charge is 2.60. The van der Waals surface area contributed by atoms with Crippen molar-refractivity contribution in [2.24, 2.45) is 17.3 Å². The van der Waals surface area contributed by atoms with Crippen LogP contribution in [0.1, 0.15) is 33.6 Å². The van der Waals surface area contributed by atoms with Crippen molar-refractivity contribution in [3.8, 4) is 11.4 Å². The van der Waals surface area contributed by atoms with Crippen molar-refractivity contribution < 1.29 is 9.32 Å². The molecule has 1 fully saturated rings. The molecule has 0 aliphatic heterocycles. The van der Waals surface area contributed by atoms with Crippen LogP contribution < -0.4 is 5.32 Å². The van der Waals surface area contributed by atoms with Gasteiger partial charge in [-0.25, -0.2) is 0 Å². The molecular weight excluding hydrogens is 302 g/mol. The molecule has 0 radical (unpaired) electrons. The molecule has 1 aromatic heterocycles. The van der Waals surface area contributed by atoms with E-state index in [4.69, 9.17) is 4.52 Å². The van der Waals surface area contributed by atoms with Crippen LogP contribution >= 0.6 is 0 Å². The number of amides is 1. The van der Waals surface area contributed by atoms with Crippen molar-refractivity contribution in [2.45, 2.75) is 34.2 Å². The molecule has 1 N–H and O–H groups in total. The zero-order valence-corrected chi connectivity index (χ0v) is 14.5. The van der Waals surface area contributed by atoms with Gasteiger partial charge >= 0.3 is 0 Å². The number of benzene rings is 1. The van der Waals surface area contributed by atoms with E-state index in [1.54, 1.807) is 0 Å². The summed E-state index contributed by atoms with van der Waals surface area (Å²) in [6, 6.07) is 9.62. The SMILES string of the molecule is CC(C)=C[C@@H]1[C@@H](C(=O)NCc2nc(-c3ccccc3)no2)C1(C)C. The highest BCUT2D eigenvalue weighted by Crippen LogP contribution is 2.59. The van der Waals surface area contributed by atoms with Crippen molar-refractivity contribution in [3.05, 3.63) is 47.9 Å². The average Bonchev–Trinajstić information content (AvgIpc) is 2.90. The van der Waals surface area contributed by atoms with Crippen molar-refractivity contribution in [3.63, 3.8) is 0 Å². The van der Waals surface area contributed by atoms with Gasteiger partial charge in [0.05, 0.1) is 12.5 Å². The summed E-state index contributed by atoms with van der Waals surface area (Å²) in [7, 11) is 0. The monoisotopic (exact) mass is 325 g/mol. The van der Waals surface area contributed by atoms with Gasteiger partial charge in [0.2, 0.25) is 17.6 Å². The van der Waals surface area contributed by atoms with Gasteiger partial charge in [-0.3, -0.25) is 4.79 Å². The molecule has 0 unspecified atom stereocenters. The Morgan fingerprint density at radius 3 is 2.67 bits per heavy atom. The molecule has 3 rings (SSSR count). The molecule has 126 valence electrons. The lowest BCUT2D eigenvalue weighted by atomic mass is 10.1. The number of allylic oxidation sites excluding steroid dienone is 2. The van der Waals surface area contributed by atoms with Gasteiger partial charge in [-0.2, -0.15) is 4.98 Å². The largest absolute Gasteiger partial charge is 0.347 e. The van der Waals surface area contributed by atoms with Gasteiger partial charge in [-0.15, -0.1) is 0 Å². The lowest BCUT2D eigenvalue weighted by Crippen LogP contribution is -2.26. The lowest BCUT2D eigenvalue weighted by Gasteiger charge is -2.03. The highest BCUT2D eigenvalue weighted by molar-refractivity contribution is 5.83. The fourth-order valence-corrected chi connectivity index (χ4v) is 3.15. The molecule has 1 amide bonds. The predicted octanol–water partition coefficient (Wildman–Crippen LogP) is 3.59. The van der Waals surface area contributed by atoms with Crippen LogP contribution in [-0.4, -0.2) is 16.0 Å². The lowest BCUT2D eigenvalue weighted by molar-refractivity contribution is -0.123. The molecule has 1 heterocycles. The Balaban J connectivity index is 1.60. The van der Waals surface area contributed by atoms with E-state index < -0.39 is 0 Å². The Morgan fingerprint density at radius 2 is 2.00 bits per heavy atom. The number of carbonyl (C=O) groups is 1. The highest BCUT2D eigenvalue weighted by atomic mass is 16.5. The van der Waals surface area contributed by atoms with Crippen LogP contribution in [0.15, 0.2) is 46.5 Å². The number of carbonyl (C=O) groups excluding carboxylic acids is 1. The van der Waals surface area contributed by atoms with Gasteiger partial charge in [0.25, 0.3) is 0 Å². The van der Waals surface area contributed by atoms with Gasteiger partial charge in [-0.05, 0) is 25.2 Å². The molecule has 1 saturated carbocycles. The van der Waals surface area contributed by atoms with Gasteiger partial charge in [-0.1, -0.05) is 61.0 Å². The fraction of sp³-hybridized carbons (Fsp3) is 0.421. The van der Waals surface area contributed by atoms with Gasteiger partial charge < -0.3 is 9.84 Å². The average molecular weight is 325 g/mol. The molecule has 0 bridgehead atoms. The first-order valence-corrected chi connectivity index (χ1v) is 8.20. The van der Waals surface area contributed by atoms with E-state index in [9.17, 15) is 4.79 Å². The summed E-state index contributed by atoms with van der Waals surface area (Å²) in [6.07, 6.45) is 2.18. The molecule has 2 atom stereocenters. The fourth-order valence-electron chi connectivity index (χ4n) is 3.15. The van der Waals surface area contributed by atoms with E-state index in [2.05, 4.69) is 49.2 Å². The van der Waals surface area contributed by atoms with Crippen LogP contribution in [0.4, 0.5) is 0 Å². The van der Waals surface area contributed by atoms with E-state index in [0.717, 1.165) is 5.56 Å². The van der Waals surface area contributed by atoms with Gasteiger partial charge in [0.15, 0.2) is 0 Å². The number of rotatable bonds is 5. The van der Waals surface area contributed by atoms with Crippen LogP contribution in [0.5, 0.6) is 0 Å². The minimum absolute atomic E-state index is 0.00363. The second-order valence-corrected chi connectivity index (χ2v) is 7.16. The summed E-state index contributed by atoms with van der Waals surface area (Å²) >= 11 is 0. The van der Waals surface area contributed by atoms with Crippen LogP contribution in [0, 0.1) is 17.3 Å². The number of nitrogens with zero attached hydrogens (tertiary/aromatic N) is 2. The molecule has 0 spiro atoms. The maximum absolute atomic E-state index is 12.4. The predicted molar refractivity (Wildman–Crippen MR) is 91.8 cm³/mol. The first kappa shape index (κ1) is 16.4. The normalized spacial score (nSPS) is 21.2. The second-order valence-electron chi connectivity index (χ2n) is 7.16. The third kappa shape index (κ3) is 3.25.